The van der Waals surface area contributed by atoms with Crippen molar-refractivity contribution in [2.45, 2.75) is 99.3 Å². The highest BCUT2D eigenvalue weighted by atomic mass is 16.4. The Balaban J connectivity index is 1.65. The van der Waals surface area contributed by atoms with Crippen molar-refractivity contribution in [3.05, 3.63) is 34.4 Å². The van der Waals surface area contributed by atoms with Gasteiger partial charge in [-0.2, -0.15) is 0 Å². The molecule has 0 aromatic carbocycles. The number of carboxylic acids is 1. The fourth-order valence-corrected chi connectivity index (χ4v) is 8.75. The summed E-state index contributed by atoms with van der Waals surface area (Å²) in [6, 6.07) is 0. The predicted octanol–water partition coefficient (Wildman–Crippen LogP) is 6.64. The van der Waals surface area contributed by atoms with Crippen molar-refractivity contribution in [2.24, 2.45) is 33.5 Å². The third kappa shape index (κ3) is 3.42. The van der Waals surface area contributed by atoms with Crippen LogP contribution in [0.4, 0.5) is 0 Å². The fourth-order valence-electron chi connectivity index (χ4n) is 8.75. The average molecular weight is 469 g/mol. The van der Waals surface area contributed by atoms with Crippen LogP contribution in [0.1, 0.15) is 99.3 Å². The van der Waals surface area contributed by atoms with Crippen LogP contribution in [0.3, 0.4) is 0 Å². The molecule has 4 rings (SSSR count). The molecule has 0 amide bonds. The molecule has 0 aromatic heterocycles. The van der Waals surface area contributed by atoms with Crippen molar-refractivity contribution >= 4 is 11.8 Å². The van der Waals surface area contributed by atoms with E-state index in [0.717, 1.165) is 51.4 Å². The Hall–Kier alpha value is -1.68. The first kappa shape index (κ1) is 25.4. The first-order valence-electron chi connectivity index (χ1n) is 13.3. The van der Waals surface area contributed by atoms with E-state index in [9.17, 15) is 14.7 Å². The van der Waals surface area contributed by atoms with Gasteiger partial charge in [0.05, 0.1) is 6.61 Å². The summed E-state index contributed by atoms with van der Waals surface area (Å²) in [5, 5.41) is 20.1. The Labute approximate surface area is 205 Å². The van der Waals surface area contributed by atoms with Crippen LogP contribution in [0.5, 0.6) is 0 Å². The van der Waals surface area contributed by atoms with Gasteiger partial charge in [0.15, 0.2) is 0 Å². The Morgan fingerprint density at radius 2 is 1.85 bits per heavy atom. The number of carbonyl (C=O) groups is 2. The maximum absolute atomic E-state index is 12.8. The van der Waals surface area contributed by atoms with Gasteiger partial charge in [0.1, 0.15) is 5.78 Å². The van der Waals surface area contributed by atoms with Crippen LogP contribution in [0, 0.1) is 33.5 Å². The monoisotopic (exact) mass is 468 g/mol. The van der Waals surface area contributed by atoms with Crippen molar-refractivity contribution in [3.8, 4) is 0 Å². The quantitative estimate of drug-likeness (QED) is 0.338. The Bertz CT molecular complexity index is 982. The third-order valence-corrected chi connectivity index (χ3v) is 11.0. The van der Waals surface area contributed by atoms with Crippen LogP contribution in [-0.2, 0) is 9.59 Å². The number of aliphatic hydroxyl groups excluding tert-OH is 1. The van der Waals surface area contributed by atoms with Gasteiger partial charge in [-0.05, 0) is 75.5 Å². The van der Waals surface area contributed by atoms with E-state index >= 15 is 0 Å². The van der Waals surface area contributed by atoms with Gasteiger partial charge >= 0.3 is 5.97 Å². The summed E-state index contributed by atoms with van der Waals surface area (Å²) in [6.07, 6.45) is 12.6. The molecular weight excluding hydrogens is 424 g/mol. The molecule has 4 aliphatic rings. The van der Waals surface area contributed by atoms with Crippen LogP contribution in [0.25, 0.3) is 0 Å². The molecule has 1 saturated carbocycles. The number of ketones is 1. The molecule has 5 atom stereocenters. The first-order valence-corrected chi connectivity index (χ1v) is 13.3. The Morgan fingerprint density at radius 3 is 2.50 bits per heavy atom. The second-order valence-corrected chi connectivity index (χ2v) is 12.7. The highest BCUT2D eigenvalue weighted by Gasteiger charge is 2.62. The number of rotatable bonds is 6. The van der Waals surface area contributed by atoms with Crippen LogP contribution in [-0.4, -0.2) is 28.6 Å². The molecule has 4 nitrogen and oxygen atoms in total. The van der Waals surface area contributed by atoms with Gasteiger partial charge < -0.3 is 10.2 Å². The standard InChI is InChI=1S/C30H44O4/c1-19(8-7-9-20(2)26(33)34)21-13-17-30(18-31)23-10-11-24-27(3,4)25(32)14-15-28(24,5)22(23)12-16-29(21,30)6/h9,13,19,24,31H,7-8,10-12,14-18H2,1-6H3,(H,33,34)/b20-9-/t19-,24?,28-,29-,30-/m1/s1. The predicted molar refractivity (Wildman–Crippen MR) is 135 cm³/mol. The minimum absolute atomic E-state index is 0.0576. The zero-order valence-electron chi connectivity index (χ0n) is 22.1. The SMILES string of the molecule is C/C(=C/CC[C@@H](C)C1=CC[C@@]2(CO)C3=C(CC[C@]12C)[C@@]1(C)CCC(=O)C(C)(C)C1CC3)C(=O)O. The van der Waals surface area contributed by atoms with E-state index in [1.165, 1.54) is 11.1 Å². The Kier molecular flexibility index (Phi) is 6.33. The molecule has 0 spiro atoms. The molecule has 188 valence electrons. The summed E-state index contributed by atoms with van der Waals surface area (Å²) < 4.78 is 0. The van der Waals surface area contributed by atoms with E-state index in [4.69, 9.17) is 5.11 Å². The van der Waals surface area contributed by atoms with E-state index in [0.29, 0.717) is 29.6 Å². The molecule has 4 aliphatic carbocycles. The lowest BCUT2D eigenvalue weighted by molar-refractivity contribution is -0.139. The topological polar surface area (TPSA) is 74.6 Å². The minimum atomic E-state index is -0.845. The van der Waals surface area contributed by atoms with Crippen LogP contribution in [0.2, 0.25) is 0 Å². The van der Waals surface area contributed by atoms with Crippen molar-refractivity contribution in [2.75, 3.05) is 6.61 Å². The smallest absolute Gasteiger partial charge is 0.330 e. The molecule has 1 unspecified atom stereocenters. The molecule has 0 aromatic rings. The van der Waals surface area contributed by atoms with Crippen LogP contribution < -0.4 is 0 Å². The van der Waals surface area contributed by atoms with E-state index in [1.807, 2.05) is 6.08 Å². The summed E-state index contributed by atoms with van der Waals surface area (Å²) >= 11 is 0. The fraction of sp³-hybridized carbons (Fsp3) is 0.733. The van der Waals surface area contributed by atoms with Crippen molar-refractivity contribution < 1.29 is 19.8 Å². The number of aliphatic carboxylic acids is 1. The zero-order valence-corrected chi connectivity index (χ0v) is 22.1. The number of aliphatic hydroxyl groups is 1. The molecule has 0 radical (unpaired) electrons. The van der Waals surface area contributed by atoms with Crippen LogP contribution >= 0.6 is 0 Å². The summed E-state index contributed by atoms with van der Waals surface area (Å²) in [5.41, 5.74) is 4.45. The lowest BCUT2D eigenvalue weighted by Gasteiger charge is -2.61. The maximum atomic E-state index is 12.8. The highest BCUT2D eigenvalue weighted by molar-refractivity contribution is 5.86. The number of allylic oxidation sites excluding steroid dienone is 4. The van der Waals surface area contributed by atoms with E-state index in [-0.39, 0.29) is 28.3 Å². The second-order valence-electron chi connectivity index (χ2n) is 12.7. The minimum Gasteiger partial charge on any atom is -0.478 e. The van der Waals surface area contributed by atoms with Crippen molar-refractivity contribution in [1.29, 1.82) is 0 Å². The number of carboxylic acid groups (broad SMARTS) is 1. The number of carbonyl (C=O) groups excluding carboxylic acids is 1. The van der Waals surface area contributed by atoms with Gasteiger partial charge in [-0.3, -0.25) is 4.79 Å². The number of hydrogen-bond acceptors (Lipinski definition) is 3. The highest BCUT2D eigenvalue weighted by Crippen LogP contribution is 2.70. The summed E-state index contributed by atoms with van der Waals surface area (Å²) in [5.74, 6) is 0.318. The van der Waals surface area contributed by atoms with E-state index < -0.39 is 5.97 Å². The average Bonchev–Trinajstić information content (AvgIpc) is 3.09. The van der Waals surface area contributed by atoms with Gasteiger partial charge in [0, 0.05) is 28.2 Å². The molecule has 0 saturated heterocycles. The van der Waals surface area contributed by atoms with Gasteiger partial charge in [0.25, 0.3) is 0 Å². The summed E-state index contributed by atoms with van der Waals surface area (Å²) in [4.78, 5) is 23.9. The molecule has 1 fully saturated rings. The van der Waals surface area contributed by atoms with E-state index in [1.54, 1.807) is 12.5 Å². The largest absolute Gasteiger partial charge is 0.478 e. The maximum Gasteiger partial charge on any atom is 0.330 e. The zero-order chi connectivity index (χ0) is 25.1. The van der Waals surface area contributed by atoms with E-state index in [2.05, 4.69) is 40.7 Å². The van der Waals surface area contributed by atoms with Gasteiger partial charge in [0.2, 0.25) is 0 Å². The van der Waals surface area contributed by atoms with Crippen molar-refractivity contribution in [3.63, 3.8) is 0 Å². The number of hydrogen-bond donors (Lipinski definition) is 2. The molecule has 0 bridgehead atoms. The molecule has 0 aliphatic heterocycles. The van der Waals surface area contributed by atoms with Gasteiger partial charge in [-0.15, -0.1) is 0 Å². The lowest BCUT2D eigenvalue weighted by atomic mass is 9.43. The number of Topliss-reactive ketones (excluding diaryl/α,β-unsaturated/α-hetero) is 1. The number of fused-ring (bicyclic) bond motifs is 4. The molecule has 34 heavy (non-hydrogen) atoms. The molecule has 0 heterocycles. The lowest BCUT2D eigenvalue weighted by Crippen LogP contribution is -2.55. The van der Waals surface area contributed by atoms with Gasteiger partial charge in [-0.25, -0.2) is 4.79 Å². The molecule has 2 N–H and O–H groups in total. The second kappa shape index (κ2) is 8.47. The Morgan fingerprint density at radius 1 is 1.15 bits per heavy atom. The van der Waals surface area contributed by atoms with Gasteiger partial charge in [-0.1, -0.05) is 63.5 Å². The van der Waals surface area contributed by atoms with Crippen molar-refractivity contribution in [1.82, 2.24) is 0 Å². The molecule has 4 heteroatoms. The molecular formula is C30H44O4. The third-order valence-electron chi connectivity index (χ3n) is 11.0. The first-order chi connectivity index (χ1) is 15.8. The summed E-state index contributed by atoms with van der Waals surface area (Å²) in [7, 11) is 0. The normalized spacial score (nSPS) is 38.1. The van der Waals surface area contributed by atoms with Crippen LogP contribution in [0.15, 0.2) is 34.4 Å². The summed E-state index contributed by atoms with van der Waals surface area (Å²) in [6.45, 7) is 13.2.